The summed E-state index contributed by atoms with van der Waals surface area (Å²) in [6.07, 6.45) is 15.5. The van der Waals surface area contributed by atoms with Crippen molar-refractivity contribution in [1.82, 2.24) is 5.43 Å². The van der Waals surface area contributed by atoms with Crippen molar-refractivity contribution < 1.29 is 0 Å². The van der Waals surface area contributed by atoms with Crippen molar-refractivity contribution in [2.45, 2.75) is 96.3 Å². The predicted octanol–water partition coefficient (Wildman–Crippen LogP) is 6.77. The van der Waals surface area contributed by atoms with Crippen molar-refractivity contribution in [2.75, 3.05) is 6.54 Å². The molecule has 3 saturated carbocycles. The van der Waals surface area contributed by atoms with Gasteiger partial charge in [-0.2, -0.15) is 0 Å². The topological polar surface area (TPSA) is 38.0 Å². The summed E-state index contributed by atoms with van der Waals surface area (Å²) in [5, 5.41) is 0. The molecule has 3 fully saturated rings. The van der Waals surface area contributed by atoms with Crippen LogP contribution in [0.3, 0.4) is 0 Å². The minimum absolute atomic E-state index is 0.784. The first-order chi connectivity index (χ1) is 14.1. The Morgan fingerprint density at radius 3 is 1.79 bits per heavy atom. The van der Waals surface area contributed by atoms with Crippen LogP contribution in [-0.2, 0) is 0 Å². The lowest BCUT2D eigenvalue weighted by Crippen LogP contribution is -2.37. The molecule has 29 heavy (non-hydrogen) atoms. The Morgan fingerprint density at radius 2 is 1.24 bits per heavy atom. The molecule has 1 aromatic rings. The van der Waals surface area contributed by atoms with E-state index in [9.17, 15) is 0 Å². The Balaban J connectivity index is 1.28. The highest BCUT2D eigenvalue weighted by Gasteiger charge is 2.34. The summed E-state index contributed by atoms with van der Waals surface area (Å²) >= 11 is 0. The van der Waals surface area contributed by atoms with Gasteiger partial charge in [-0.1, -0.05) is 57.4 Å². The Bertz CT molecular complexity index is 608. The first-order valence-electron chi connectivity index (χ1n) is 12.7. The van der Waals surface area contributed by atoms with Crippen molar-refractivity contribution in [2.24, 2.45) is 35.4 Å². The minimum Gasteiger partial charge on any atom is -0.271 e. The molecule has 3 aliphatic rings. The second kappa shape index (κ2) is 9.96. The van der Waals surface area contributed by atoms with E-state index in [2.05, 4.69) is 43.5 Å². The molecule has 0 aromatic heterocycles. The number of hydrazine groups is 1. The number of hydrogen-bond acceptors (Lipinski definition) is 2. The molecule has 0 saturated heterocycles. The Labute approximate surface area is 179 Å². The molecule has 2 heteroatoms. The summed E-state index contributed by atoms with van der Waals surface area (Å²) in [6, 6.07) is 9.89. The fraction of sp³-hybridized carbons (Fsp3) is 0.778. The third-order valence-corrected chi connectivity index (χ3v) is 9.12. The maximum absolute atomic E-state index is 5.64. The number of hydrogen-bond donors (Lipinski definition) is 2. The Kier molecular flexibility index (Phi) is 7.34. The van der Waals surface area contributed by atoms with E-state index in [1.54, 1.807) is 11.1 Å². The summed E-state index contributed by atoms with van der Waals surface area (Å²) < 4.78 is 0. The van der Waals surface area contributed by atoms with Crippen LogP contribution in [0.25, 0.3) is 0 Å². The molecule has 162 valence electrons. The van der Waals surface area contributed by atoms with Gasteiger partial charge in [0.2, 0.25) is 0 Å². The quantitative estimate of drug-likeness (QED) is 0.426. The predicted molar refractivity (Wildman–Crippen MR) is 124 cm³/mol. The fourth-order valence-corrected chi connectivity index (χ4v) is 6.87. The van der Waals surface area contributed by atoms with E-state index >= 15 is 0 Å². The van der Waals surface area contributed by atoms with Gasteiger partial charge in [0.05, 0.1) is 0 Å². The fourth-order valence-electron chi connectivity index (χ4n) is 6.87. The highest BCUT2D eigenvalue weighted by atomic mass is 15.2. The SMILES string of the molecule is CC1CCC(c2ccc(C3CCC(C4CCC(C)C(CNN)C4)CC3)cc2)CC1. The molecule has 3 N–H and O–H groups in total. The van der Waals surface area contributed by atoms with E-state index in [0.717, 1.165) is 48.0 Å². The lowest BCUT2D eigenvalue weighted by Gasteiger charge is -2.41. The van der Waals surface area contributed by atoms with Crippen LogP contribution in [0.5, 0.6) is 0 Å². The van der Waals surface area contributed by atoms with E-state index in [4.69, 9.17) is 5.84 Å². The van der Waals surface area contributed by atoms with Gasteiger partial charge in [0, 0.05) is 6.54 Å². The minimum atomic E-state index is 0.784. The molecular formula is C27H44N2. The van der Waals surface area contributed by atoms with Crippen LogP contribution in [0.2, 0.25) is 0 Å². The van der Waals surface area contributed by atoms with Gasteiger partial charge in [-0.25, -0.2) is 0 Å². The molecule has 1 aromatic carbocycles. The molecule has 0 aliphatic heterocycles. The highest BCUT2D eigenvalue weighted by Crippen LogP contribution is 2.45. The zero-order chi connectivity index (χ0) is 20.2. The molecule has 0 radical (unpaired) electrons. The third-order valence-electron chi connectivity index (χ3n) is 9.12. The Hall–Kier alpha value is -0.860. The van der Waals surface area contributed by atoms with Gasteiger partial charge in [0.15, 0.2) is 0 Å². The number of nitrogens with one attached hydrogen (secondary N) is 1. The number of nitrogens with two attached hydrogens (primary N) is 1. The van der Waals surface area contributed by atoms with Crippen molar-refractivity contribution in [3.63, 3.8) is 0 Å². The molecule has 0 heterocycles. The van der Waals surface area contributed by atoms with Gasteiger partial charge in [-0.05, 0) is 104 Å². The summed E-state index contributed by atoms with van der Waals surface area (Å²) in [7, 11) is 0. The molecule has 0 amide bonds. The summed E-state index contributed by atoms with van der Waals surface area (Å²) in [4.78, 5) is 0. The van der Waals surface area contributed by atoms with Gasteiger partial charge in [-0.3, -0.25) is 11.3 Å². The molecule has 0 bridgehead atoms. The van der Waals surface area contributed by atoms with Gasteiger partial charge >= 0.3 is 0 Å². The first-order valence-corrected chi connectivity index (χ1v) is 12.7. The summed E-state index contributed by atoms with van der Waals surface area (Å²) in [6.45, 7) is 5.84. The molecule has 3 unspecified atom stereocenters. The highest BCUT2D eigenvalue weighted by molar-refractivity contribution is 5.28. The second-order valence-corrected chi connectivity index (χ2v) is 11.0. The average molecular weight is 397 g/mol. The van der Waals surface area contributed by atoms with E-state index in [1.807, 2.05) is 0 Å². The van der Waals surface area contributed by atoms with E-state index in [1.165, 1.54) is 70.6 Å². The van der Waals surface area contributed by atoms with Crippen LogP contribution in [0.4, 0.5) is 0 Å². The molecule has 2 nitrogen and oxygen atoms in total. The summed E-state index contributed by atoms with van der Waals surface area (Å²) in [5.41, 5.74) is 6.16. The van der Waals surface area contributed by atoms with Gasteiger partial charge in [-0.15, -0.1) is 0 Å². The van der Waals surface area contributed by atoms with Crippen molar-refractivity contribution >= 4 is 0 Å². The lowest BCUT2D eigenvalue weighted by molar-refractivity contribution is 0.117. The van der Waals surface area contributed by atoms with Crippen molar-refractivity contribution in [3.05, 3.63) is 35.4 Å². The molecule has 0 spiro atoms. The van der Waals surface area contributed by atoms with Crippen molar-refractivity contribution in [1.29, 1.82) is 0 Å². The standard InChI is InChI=1S/C27H44N2/c1-19-3-6-21(7-4-19)22-9-11-23(12-10-22)24-13-15-25(16-14-24)26-8-5-20(2)27(17-26)18-29-28/h9-12,19-21,24-27,29H,3-8,13-18,28H2,1-2H3. The van der Waals surface area contributed by atoms with Crippen LogP contribution in [-0.4, -0.2) is 6.54 Å². The van der Waals surface area contributed by atoms with Crippen LogP contribution in [0.15, 0.2) is 24.3 Å². The van der Waals surface area contributed by atoms with Crippen molar-refractivity contribution in [3.8, 4) is 0 Å². The monoisotopic (exact) mass is 396 g/mol. The van der Waals surface area contributed by atoms with E-state index < -0.39 is 0 Å². The molecule has 4 rings (SSSR count). The first kappa shape index (κ1) is 21.4. The smallest absolute Gasteiger partial charge is 0.0128 e. The lowest BCUT2D eigenvalue weighted by atomic mass is 9.65. The van der Waals surface area contributed by atoms with Crippen LogP contribution < -0.4 is 11.3 Å². The normalized spacial score (nSPS) is 38.7. The van der Waals surface area contributed by atoms with E-state index in [0.29, 0.717) is 0 Å². The molecule has 3 aliphatic carbocycles. The third kappa shape index (κ3) is 5.25. The van der Waals surface area contributed by atoms with Gasteiger partial charge in [0.25, 0.3) is 0 Å². The maximum atomic E-state index is 5.64. The van der Waals surface area contributed by atoms with Gasteiger partial charge < -0.3 is 0 Å². The number of benzene rings is 1. The zero-order valence-electron chi connectivity index (χ0n) is 18.9. The zero-order valence-corrected chi connectivity index (χ0v) is 18.9. The maximum Gasteiger partial charge on any atom is 0.0128 e. The van der Waals surface area contributed by atoms with Crippen LogP contribution in [0, 0.1) is 29.6 Å². The number of rotatable bonds is 5. The van der Waals surface area contributed by atoms with Gasteiger partial charge in [0.1, 0.15) is 0 Å². The summed E-state index contributed by atoms with van der Waals surface area (Å²) in [5.74, 6) is 11.7. The molecular weight excluding hydrogens is 352 g/mol. The average Bonchev–Trinajstić information content (AvgIpc) is 2.76. The van der Waals surface area contributed by atoms with E-state index in [-0.39, 0.29) is 0 Å². The van der Waals surface area contributed by atoms with Crippen LogP contribution in [0.1, 0.15) is 107 Å². The molecule has 3 atom stereocenters. The largest absolute Gasteiger partial charge is 0.271 e. The Morgan fingerprint density at radius 1 is 0.724 bits per heavy atom. The van der Waals surface area contributed by atoms with Crippen LogP contribution >= 0.6 is 0 Å². The second-order valence-electron chi connectivity index (χ2n) is 11.0.